The fourth-order valence-electron chi connectivity index (χ4n) is 6.17. The number of morpholine rings is 1. The van der Waals surface area contributed by atoms with Gasteiger partial charge in [0.25, 0.3) is 0 Å². The third kappa shape index (κ3) is 3.59. The molecule has 2 aliphatic heterocycles. The summed E-state index contributed by atoms with van der Waals surface area (Å²) in [6.07, 6.45) is 9.05. The zero-order valence-corrected chi connectivity index (χ0v) is 20.4. The summed E-state index contributed by atoms with van der Waals surface area (Å²) in [5.74, 6) is 1.55. The van der Waals surface area contributed by atoms with E-state index in [1.165, 1.54) is 36.0 Å². The predicted octanol–water partition coefficient (Wildman–Crippen LogP) is 4.26. The number of aromatic nitrogens is 5. The van der Waals surface area contributed by atoms with Crippen molar-refractivity contribution in [2.45, 2.75) is 51.0 Å². The Kier molecular flexibility index (Phi) is 5.45. The van der Waals surface area contributed by atoms with Crippen LogP contribution in [0.1, 0.15) is 55.1 Å². The average Bonchev–Trinajstić information content (AvgIpc) is 3.35. The van der Waals surface area contributed by atoms with Gasteiger partial charge in [0.05, 0.1) is 35.9 Å². The molecular formula is C27H30FN7O. The number of aryl methyl sites for hydroxylation is 1. The van der Waals surface area contributed by atoms with Crippen molar-refractivity contribution < 1.29 is 9.13 Å². The fraction of sp³-hybridized carbons (Fsp3) is 0.481. The number of fused-ring (bicyclic) bond motifs is 3. The van der Waals surface area contributed by atoms with Crippen molar-refractivity contribution in [3.05, 3.63) is 53.4 Å². The van der Waals surface area contributed by atoms with Gasteiger partial charge in [0.1, 0.15) is 23.8 Å². The van der Waals surface area contributed by atoms with Gasteiger partial charge >= 0.3 is 0 Å². The van der Waals surface area contributed by atoms with Gasteiger partial charge in [-0.25, -0.2) is 19.3 Å². The van der Waals surface area contributed by atoms with Gasteiger partial charge in [0, 0.05) is 37.0 Å². The Morgan fingerprint density at radius 2 is 1.86 bits per heavy atom. The van der Waals surface area contributed by atoms with Crippen molar-refractivity contribution in [3.8, 4) is 0 Å². The lowest BCUT2D eigenvalue weighted by Crippen LogP contribution is -2.38. The van der Waals surface area contributed by atoms with Gasteiger partial charge in [-0.05, 0) is 57.1 Å². The third-order valence-electron chi connectivity index (χ3n) is 7.89. The van der Waals surface area contributed by atoms with E-state index in [-0.39, 0.29) is 11.9 Å². The van der Waals surface area contributed by atoms with Gasteiger partial charge in [-0.3, -0.25) is 0 Å². The quantitative estimate of drug-likeness (QED) is 0.428. The number of piperidine rings is 1. The molecular weight excluding hydrogens is 457 g/mol. The van der Waals surface area contributed by atoms with Gasteiger partial charge in [-0.2, -0.15) is 9.61 Å². The highest BCUT2D eigenvalue weighted by Gasteiger charge is 2.31. The number of hydrogen-bond acceptors (Lipinski definition) is 7. The van der Waals surface area contributed by atoms with E-state index < -0.39 is 0 Å². The molecule has 3 aliphatic rings. The van der Waals surface area contributed by atoms with Crippen molar-refractivity contribution in [1.29, 1.82) is 0 Å². The predicted molar refractivity (Wildman–Crippen MR) is 136 cm³/mol. The lowest BCUT2D eigenvalue weighted by Gasteiger charge is -2.36. The number of anilines is 2. The van der Waals surface area contributed by atoms with Crippen molar-refractivity contribution >= 4 is 28.2 Å². The molecule has 36 heavy (non-hydrogen) atoms. The molecule has 2 saturated heterocycles. The summed E-state index contributed by atoms with van der Waals surface area (Å²) in [5, 5.41) is 5.68. The summed E-state index contributed by atoms with van der Waals surface area (Å²) in [7, 11) is 0. The molecule has 9 heteroatoms. The summed E-state index contributed by atoms with van der Waals surface area (Å²) in [6, 6.07) is 7.18. The van der Waals surface area contributed by atoms with Crippen LogP contribution in [0.5, 0.6) is 0 Å². The van der Waals surface area contributed by atoms with E-state index in [1.54, 1.807) is 12.4 Å². The minimum atomic E-state index is -0.286. The maximum atomic E-state index is 15.0. The molecule has 1 unspecified atom stereocenters. The smallest absolute Gasteiger partial charge is 0.157 e. The van der Waals surface area contributed by atoms with Gasteiger partial charge < -0.3 is 14.5 Å². The molecule has 0 bridgehead atoms. The van der Waals surface area contributed by atoms with Crippen LogP contribution in [0, 0.1) is 5.82 Å². The standard InChI is InChI=1S/C27H30FN7O/c28-19-7-5-9-21-25(19)26(30-17-29-21)34-11-4-3-10-23(34)22-16-24-31-20-8-2-1-6-18(20)27(35(24)32-22)33-12-14-36-15-13-33/h5,7,9,16-17,23H,1-4,6,8,10-15H2. The number of ether oxygens (including phenoxy) is 1. The van der Waals surface area contributed by atoms with Crippen molar-refractivity contribution in [2.24, 2.45) is 0 Å². The van der Waals surface area contributed by atoms with Crippen LogP contribution in [-0.4, -0.2) is 57.4 Å². The molecule has 1 atom stereocenters. The molecule has 2 fully saturated rings. The van der Waals surface area contributed by atoms with E-state index in [9.17, 15) is 4.39 Å². The number of rotatable bonds is 3. The van der Waals surface area contributed by atoms with Gasteiger partial charge in [-0.1, -0.05) is 6.07 Å². The lowest BCUT2D eigenvalue weighted by molar-refractivity contribution is 0.122. The van der Waals surface area contributed by atoms with Crippen LogP contribution in [0.15, 0.2) is 30.6 Å². The van der Waals surface area contributed by atoms with Crippen molar-refractivity contribution in [2.75, 3.05) is 42.6 Å². The summed E-state index contributed by atoms with van der Waals surface area (Å²) >= 11 is 0. The largest absolute Gasteiger partial charge is 0.378 e. The van der Waals surface area contributed by atoms with E-state index in [0.717, 1.165) is 76.3 Å². The molecule has 7 rings (SSSR count). The molecule has 1 aromatic carbocycles. The molecule has 4 aromatic rings. The molecule has 0 spiro atoms. The highest BCUT2D eigenvalue weighted by Crippen LogP contribution is 2.38. The number of hydrogen-bond donors (Lipinski definition) is 0. The Morgan fingerprint density at radius 3 is 2.78 bits per heavy atom. The minimum absolute atomic E-state index is 0.00715. The maximum absolute atomic E-state index is 15.0. The monoisotopic (exact) mass is 487 g/mol. The highest BCUT2D eigenvalue weighted by molar-refractivity contribution is 5.90. The SMILES string of the molecule is Fc1cccc2ncnc(N3CCCCC3c3cc4nc5c(c(N6CCOCC6)n4n3)CCCC5)c12. The van der Waals surface area contributed by atoms with Crippen molar-refractivity contribution in [1.82, 2.24) is 24.6 Å². The Hall–Kier alpha value is -3.33. The van der Waals surface area contributed by atoms with Crippen LogP contribution in [-0.2, 0) is 17.6 Å². The molecule has 0 N–H and O–H groups in total. The van der Waals surface area contributed by atoms with Crippen LogP contribution < -0.4 is 9.80 Å². The van der Waals surface area contributed by atoms with E-state index in [2.05, 4.69) is 30.3 Å². The second-order valence-electron chi connectivity index (χ2n) is 10.0. The Labute approximate surface area is 209 Å². The summed E-state index contributed by atoms with van der Waals surface area (Å²) < 4.78 is 22.7. The van der Waals surface area contributed by atoms with Crippen LogP contribution in [0.2, 0.25) is 0 Å². The molecule has 186 valence electrons. The van der Waals surface area contributed by atoms with E-state index in [4.69, 9.17) is 14.8 Å². The summed E-state index contributed by atoms with van der Waals surface area (Å²) in [6.45, 7) is 4.00. The molecule has 3 aromatic heterocycles. The second kappa shape index (κ2) is 8.96. The van der Waals surface area contributed by atoms with Gasteiger partial charge in [-0.15, -0.1) is 0 Å². The Balaban J connectivity index is 1.36. The van der Waals surface area contributed by atoms with Crippen LogP contribution in [0.25, 0.3) is 16.6 Å². The van der Waals surface area contributed by atoms with Crippen LogP contribution in [0.3, 0.4) is 0 Å². The zero-order valence-electron chi connectivity index (χ0n) is 20.4. The Bertz CT molecular complexity index is 1430. The lowest BCUT2D eigenvalue weighted by atomic mass is 9.96. The first-order valence-corrected chi connectivity index (χ1v) is 13.2. The number of halogens is 1. The molecule has 0 amide bonds. The van der Waals surface area contributed by atoms with E-state index in [1.807, 2.05) is 6.07 Å². The normalized spacial score (nSPS) is 20.8. The topological polar surface area (TPSA) is 71.7 Å². The molecule has 5 heterocycles. The van der Waals surface area contributed by atoms with Crippen LogP contribution in [0.4, 0.5) is 16.0 Å². The molecule has 1 aliphatic carbocycles. The molecule has 0 saturated carbocycles. The zero-order chi connectivity index (χ0) is 24.1. The third-order valence-corrected chi connectivity index (χ3v) is 7.89. The maximum Gasteiger partial charge on any atom is 0.157 e. The first-order valence-electron chi connectivity index (χ1n) is 13.2. The highest BCUT2D eigenvalue weighted by atomic mass is 19.1. The van der Waals surface area contributed by atoms with Crippen molar-refractivity contribution in [3.63, 3.8) is 0 Å². The van der Waals surface area contributed by atoms with Gasteiger partial charge in [0.15, 0.2) is 5.65 Å². The van der Waals surface area contributed by atoms with E-state index in [0.29, 0.717) is 16.7 Å². The minimum Gasteiger partial charge on any atom is -0.378 e. The second-order valence-corrected chi connectivity index (χ2v) is 10.0. The average molecular weight is 488 g/mol. The number of benzene rings is 1. The first kappa shape index (κ1) is 21.9. The Morgan fingerprint density at radius 1 is 0.972 bits per heavy atom. The van der Waals surface area contributed by atoms with E-state index >= 15 is 0 Å². The number of nitrogens with zero attached hydrogens (tertiary/aromatic N) is 7. The van der Waals surface area contributed by atoms with Gasteiger partial charge in [0.2, 0.25) is 0 Å². The summed E-state index contributed by atoms with van der Waals surface area (Å²) in [5.41, 5.74) is 5.06. The molecule has 8 nitrogen and oxygen atoms in total. The van der Waals surface area contributed by atoms with Crippen LogP contribution >= 0.6 is 0 Å². The first-order chi connectivity index (χ1) is 17.8. The fourth-order valence-corrected chi connectivity index (χ4v) is 6.17. The molecule has 0 radical (unpaired) electrons. The summed E-state index contributed by atoms with van der Waals surface area (Å²) in [4.78, 5) is 18.6.